The standard InChI is InChI=1S/C23H29N5O2/c1-15-7-11-19(12-8-15)27-23(30)28-20(16-5-3-2-4-6-16)22(29)26-18-13-9-17(10-14-18)21(24)25/h7-14,16,20H,2-6H2,1H3,(H3,24,25)(H,26,29)(H2,27,28,30)/t20-/m1/s1. The molecule has 1 aliphatic carbocycles. The molecule has 7 nitrogen and oxygen atoms in total. The van der Waals surface area contributed by atoms with Gasteiger partial charge in [0.2, 0.25) is 5.91 Å². The third-order valence-electron chi connectivity index (χ3n) is 5.46. The van der Waals surface area contributed by atoms with Crippen LogP contribution in [0.1, 0.15) is 43.2 Å². The summed E-state index contributed by atoms with van der Waals surface area (Å²) in [7, 11) is 0. The zero-order chi connectivity index (χ0) is 21.5. The topological polar surface area (TPSA) is 120 Å². The number of carbonyl (C=O) groups is 2. The maximum atomic E-state index is 13.0. The fraction of sp³-hybridized carbons (Fsp3) is 0.348. The van der Waals surface area contributed by atoms with Crippen molar-refractivity contribution in [3.63, 3.8) is 0 Å². The molecule has 1 fully saturated rings. The van der Waals surface area contributed by atoms with Crippen LogP contribution in [0.15, 0.2) is 48.5 Å². The number of nitrogens with two attached hydrogens (primary N) is 1. The Bertz CT molecular complexity index is 887. The summed E-state index contributed by atoms with van der Waals surface area (Å²) in [6.45, 7) is 1.98. The van der Waals surface area contributed by atoms with Gasteiger partial charge in [0.15, 0.2) is 0 Å². The minimum Gasteiger partial charge on any atom is -0.384 e. The van der Waals surface area contributed by atoms with E-state index in [1.165, 1.54) is 0 Å². The molecule has 0 heterocycles. The molecule has 2 aromatic rings. The molecule has 7 heteroatoms. The average Bonchev–Trinajstić information content (AvgIpc) is 2.74. The van der Waals surface area contributed by atoms with Crippen LogP contribution in [-0.4, -0.2) is 23.8 Å². The molecule has 1 saturated carbocycles. The summed E-state index contributed by atoms with van der Waals surface area (Å²) in [6.07, 6.45) is 5.09. The fourth-order valence-corrected chi connectivity index (χ4v) is 3.76. The molecule has 6 N–H and O–H groups in total. The van der Waals surface area contributed by atoms with Crippen LogP contribution in [-0.2, 0) is 4.79 Å². The lowest BCUT2D eigenvalue weighted by molar-refractivity contribution is -0.119. The van der Waals surface area contributed by atoms with Crippen LogP contribution in [0.25, 0.3) is 0 Å². The van der Waals surface area contributed by atoms with Gasteiger partial charge in [0.1, 0.15) is 11.9 Å². The van der Waals surface area contributed by atoms with Crippen molar-refractivity contribution in [2.75, 3.05) is 10.6 Å². The van der Waals surface area contributed by atoms with E-state index in [0.717, 1.165) is 37.7 Å². The smallest absolute Gasteiger partial charge is 0.319 e. The van der Waals surface area contributed by atoms with Gasteiger partial charge in [0.05, 0.1) is 0 Å². The third kappa shape index (κ3) is 5.83. The highest BCUT2D eigenvalue weighted by atomic mass is 16.2. The number of hydrogen-bond donors (Lipinski definition) is 5. The van der Waals surface area contributed by atoms with E-state index in [2.05, 4.69) is 16.0 Å². The molecule has 1 aliphatic rings. The molecule has 3 rings (SSSR count). The van der Waals surface area contributed by atoms with Gasteiger partial charge < -0.3 is 21.7 Å². The number of rotatable bonds is 6. The number of carbonyl (C=O) groups excluding carboxylic acids is 2. The van der Waals surface area contributed by atoms with Crippen LogP contribution in [0.5, 0.6) is 0 Å². The van der Waals surface area contributed by atoms with E-state index in [0.29, 0.717) is 16.9 Å². The first-order chi connectivity index (χ1) is 14.4. The van der Waals surface area contributed by atoms with Crippen molar-refractivity contribution in [3.05, 3.63) is 59.7 Å². The Morgan fingerprint density at radius 3 is 2.10 bits per heavy atom. The lowest BCUT2D eigenvalue weighted by Crippen LogP contribution is -2.50. The van der Waals surface area contributed by atoms with Gasteiger partial charge in [-0.1, -0.05) is 37.0 Å². The number of urea groups is 1. The predicted molar refractivity (Wildman–Crippen MR) is 120 cm³/mol. The molecule has 158 valence electrons. The number of amidine groups is 1. The molecule has 0 radical (unpaired) electrons. The van der Waals surface area contributed by atoms with Crippen molar-refractivity contribution in [2.45, 2.75) is 45.1 Å². The Balaban J connectivity index is 1.69. The molecular weight excluding hydrogens is 378 g/mol. The van der Waals surface area contributed by atoms with Crippen molar-refractivity contribution < 1.29 is 9.59 Å². The van der Waals surface area contributed by atoms with E-state index in [9.17, 15) is 9.59 Å². The van der Waals surface area contributed by atoms with E-state index < -0.39 is 12.1 Å². The minimum absolute atomic E-state index is 0.0256. The fourth-order valence-electron chi connectivity index (χ4n) is 3.76. The van der Waals surface area contributed by atoms with E-state index in [1.807, 2.05) is 31.2 Å². The second kappa shape index (κ2) is 9.91. The first-order valence-electron chi connectivity index (χ1n) is 10.3. The molecule has 0 bridgehead atoms. The number of nitrogens with one attached hydrogen (secondary N) is 4. The zero-order valence-corrected chi connectivity index (χ0v) is 17.2. The van der Waals surface area contributed by atoms with Crippen LogP contribution >= 0.6 is 0 Å². The number of aryl methyl sites for hydroxylation is 1. The first-order valence-corrected chi connectivity index (χ1v) is 10.3. The third-order valence-corrected chi connectivity index (χ3v) is 5.46. The van der Waals surface area contributed by atoms with Crippen LogP contribution in [0.2, 0.25) is 0 Å². The molecule has 3 amide bonds. The average molecular weight is 408 g/mol. The largest absolute Gasteiger partial charge is 0.384 e. The van der Waals surface area contributed by atoms with Gasteiger partial charge in [0.25, 0.3) is 0 Å². The molecule has 30 heavy (non-hydrogen) atoms. The Morgan fingerprint density at radius 1 is 0.933 bits per heavy atom. The molecule has 0 aliphatic heterocycles. The van der Waals surface area contributed by atoms with Gasteiger partial charge in [-0.3, -0.25) is 10.2 Å². The zero-order valence-electron chi connectivity index (χ0n) is 17.2. The quantitative estimate of drug-likeness (QED) is 0.368. The molecule has 0 saturated heterocycles. The summed E-state index contributed by atoms with van der Waals surface area (Å²) in [5.74, 6) is -0.169. The summed E-state index contributed by atoms with van der Waals surface area (Å²) in [5.41, 5.74) is 8.46. The first kappa shape index (κ1) is 21.4. The summed E-state index contributed by atoms with van der Waals surface area (Å²) in [6, 6.07) is 13.3. The Morgan fingerprint density at radius 2 is 1.50 bits per heavy atom. The lowest BCUT2D eigenvalue weighted by atomic mass is 9.83. The van der Waals surface area contributed by atoms with Crippen molar-refractivity contribution in [1.29, 1.82) is 5.41 Å². The highest BCUT2D eigenvalue weighted by Crippen LogP contribution is 2.27. The second-order valence-corrected chi connectivity index (χ2v) is 7.82. The molecule has 2 aromatic carbocycles. The Hall–Kier alpha value is -3.35. The van der Waals surface area contributed by atoms with Crippen LogP contribution < -0.4 is 21.7 Å². The highest BCUT2D eigenvalue weighted by molar-refractivity contribution is 6.00. The normalized spacial score (nSPS) is 15.1. The predicted octanol–water partition coefficient (Wildman–Crippen LogP) is 3.99. The van der Waals surface area contributed by atoms with E-state index >= 15 is 0 Å². The van der Waals surface area contributed by atoms with Crippen molar-refractivity contribution in [1.82, 2.24) is 5.32 Å². The van der Waals surface area contributed by atoms with Crippen molar-refractivity contribution >= 4 is 29.1 Å². The molecular formula is C23H29N5O2. The summed E-state index contributed by atoms with van der Waals surface area (Å²) < 4.78 is 0. The summed E-state index contributed by atoms with van der Waals surface area (Å²) >= 11 is 0. The maximum absolute atomic E-state index is 13.0. The number of benzene rings is 2. The van der Waals surface area contributed by atoms with Crippen LogP contribution in [0.4, 0.5) is 16.2 Å². The van der Waals surface area contributed by atoms with Crippen molar-refractivity contribution in [2.24, 2.45) is 11.7 Å². The van der Waals surface area contributed by atoms with E-state index in [-0.39, 0.29) is 17.7 Å². The van der Waals surface area contributed by atoms with Gasteiger partial charge in [-0.15, -0.1) is 0 Å². The minimum atomic E-state index is -0.622. The van der Waals surface area contributed by atoms with Crippen LogP contribution in [0, 0.1) is 18.3 Å². The second-order valence-electron chi connectivity index (χ2n) is 7.82. The molecule has 0 spiro atoms. The summed E-state index contributed by atoms with van der Waals surface area (Å²) in [5, 5.41) is 16.0. The van der Waals surface area contributed by atoms with Crippen molar-refractivity contribution in [3.8, 4) is 0 Å². The summed E-state index contributed by atoms with van der Waals surface area (Å²) in [4.78, 5) is 25.6. The van der Waals surface area contributed by atoms with Gasteiger partial charge in [-0.05, 0) is 62.1 Å². The number of nitrogen functional groups attached to an aromatic ring is 1. The van der Waals surface area contributed by atoms with Crippen LogP contribution in [0.3, 0.4) is 0 Å². The number of hydrogen-bond acceptors (Lipinski definition) is 3. The van der Waals surface area contributed by atoms with Gasteiger partial charge in [-0.2, -0.15) is 0 Å². The van der Waals surface area contributed by atoms with Gasteiger partial charge >= 0.3 is 6.03 Å². The Kier molecular flexibility index (Phi) is 7.06. The molecule has 1 atom stereocenters. The monoisotopic (exact) mass is 407 g/mol. The van der Waals surface area contributed by atoms with E-state index in [1.54, 1.807) is 24.3 Å². The Labute approximate surface area is 176 Å². The maximum Gasteiger partial charge on any atom is 0.319 e. The van der Waals surface area contributed by atoms with Gasteiger partial charge in [0, 0.05) is 16.9 Å². The highest BCUT2D eigenvalue weighted by Gasteiger charge is 2.31. The molecule has 0 unspecified atom stereocenters. The molecule has 0 aromatic heterocycles. The SMILES string of the molecule is Cc1ccc(NC(=O)N[C@@H](C(=O)Nc2ccc(C(=N)N)cc2)C2CCCCC2)cc1. The number of anilines is 2. The van der Waals surface area contributed by atoms with E-state index in [4.69, 9.17) is 11.1 Å². The van der Waals surface area contributed by atoms with Gasteiger partial charge in [-0.25, -0.2) is 4.79 Å². The number of amides is 3. The lowest BCUT2D eigenvalue weighted by Gasteiger charge is -2.30.